The van der Waals surface area contributed by atoms with Crippen LogP contribution in [0.1, 0.15) is 12.5 Å². The van der Waals surface area contributed by atoms with Crippen LogP contribution in [0, 0.1) is 0 Å². The lowest BCUT2D eigenvalue weighted by atomic mass is 9.99. The molecule has 0 saturated carbocycles. The summed E-state index contributed by atoms with van der Waals surface area (Å²) in [6, 6.07) is 4.30. The molecule has 0 aliphatic carbocycles. The molecule has 5 N–H and O–H groups in total. The molecular formula is C16H20O8. The fourth-order valence-corrected chi connectivity index (χ4v) is 2.23. The van der Waals surface area contributed by atoms with Gasteiger partial charge in [0, 0.05) is 0 Å². The van der Waals surface area contributed by atoms with E-state index in [2.05, 4.69) is 0 Å². The summed E-state index contributed by atoms with van der Waals surface area (Å²) in [5.41, 5.74) is 0.558. The van der Waals surface area contributed by atoms with E-state index in [-0.39, 0.29) is 17.3 Å². The lowest BCUT2D eigenvalue weighted by molar-refractivity contribution is -0.277. The first kappa shape index (κ1) is 18.4. The van der Waals surface area contributed by atoms with Crippen molar-refractivity contribution in [1.82, 2.24) is 0 Å². The van der Waals surface area contributed by atoms with Crippen molar-refractivity contribution in [2.75, 3.05) is 6.61 Å². The van der Waals surface area contributed by atoms with Gasteiger partial charge in [-0.25, -0.2) is 0 Å². The summed E-state index contributed by atoms with van der Waals surface area (Å²) in [5, 5.41) is 48.4. The Morgan fingerprint density at radius 3 is 2.58 bits per heavy atom. The molecule has 0 spiro atoms. The predicted molar refractivity (Wildman–Crippen MR) is 82.2 cm³/mol. The molecule has 132 valence electrons. The van der Waals surface area contributed by atoms with Crippen molar-refractivity contribution in [3.8, 4) is 11.5 Å². The smallest absolute Gasteiger partial charge is 0.229 e. The van der Waals surface area contributed by atoms with Gasteiger partial charge in [0.1, 0.15) is 24.4 Å². The first-order valence-electron chi connectivity index (χ1n) is 7.32. The maximum Gasteiger partial charge on any atom is 0.229 e. The molecule has 2 rings (SSSR count). The standard InChI is InChI=1S/C16H20O8/c1-8(18)2-3-9-4-5-10(19)11(6-9)23-16-15(22)14(21)13(20)12(7-17)24-16/h2-6,12-17,19-22H,7H2,1H3/b3-2+/t12-,13-,14+,15-,16?/m1/s1. The van der Waals surface area contributed by atoms with Crippen LogP contribution < -0.4 is 4.74 Å². The highest BCUT2D eigenvalue weighted by atomic mass is 16.7. The number of hydrogen-bond donors (Lipinski definition) is 5. The molecule has 1 heterocycles. The largest absolute Gasteiger partial charge is 0.504 e. The van der Waals surface area contributed by atoms with Crippen LogP contribution in [0.25, 0.3) is 6.08 Å². The SMILES string of the molecule is CC(=O)/C=C/c1ccc(O)c(OC2O[C@H](CO)[C@@H](O)[C@H](O)[C@H]2O)c1. The van der Waals surface area contributed by atoms with Crippen molar-refractivity contribution in [2.45, 2.75) is 37.6 Å². The molecule has 0 radical (unpaired) electrons. The highest BCUT2D eigenvalue weighted by Crippen LogP contribution is 2.31. The Kier molecular flexibility index (Phi) is 5.92. The molecule has 8 heteroatoms. The van der Waals surface area contributed by atoms with Crippen molar-refractivity contribution < 1.29 is 39.8 Å². The number of aromatic hydroxyl groups is 1. The van der Waals surface area contributed by atoms with Crippen molar-refractivity contribution in [3.63, 3.8) is 0 Å². The molecule has 0 amide bonds. The summed E-state index contributed by atoms with van der Waals surface area (Å²) >= 11 is 0. The van der Waals surface area contributed by atoms with Gasteiger partial charge in [-0.3, -0.25) is 4.79 Å². The van der Waals surface area contributed by atoms with Gasteiger partial charge >= 0.3 is 0 Å². The molecule has 1 aliphatic rings. The predicted octanol–water partition coefficient (Wildman–Crippen LogP) is -0.827. The van der Waals surface area contributed by atoms with Crippen LogP contribution in [0.15, 0.2) is 24.3 Å². The Labute approximate surface area is 138 Å². The van der Waals surface area contributed by atoms with E-state index in [1.165, 1.54) is 31.2 Å². The molecule has 8 nitrogen and oxygen atoms in total. The van der Waals surface area contributed by atoms with E-state index in [0.29, 0.717) is 5.56 Å². The van der Waals surface area contributed by atoms with Crippen molar-refractivity contribution >= 4 is 11.9 Å². The number of allylic oxidation sites excluding steroid dienone is 1. The average Bonchev–Trinajstić information content (AvgIpc) is 2.55. The molecule has 1 saturated heterocycles. The van der Waals surface area contributed by atoms with Crippen LogP contribution in [-0.4, -0.2) is 68.6 Å². The van der Waals surface area contributed by atoms with Crippen molar-refractivity contribution in [1.29, 1.82) is 0 Å². The lowest BCUT2D eigenvalue weighted by Gasteiger charge is -2.39. The third-order valence-electron chi connectivity index (χ3n) is 3.59. The zero-order valence-electron chi connectivity index (χ0n) is 12.9. The van der Waals surface area contributed by atoms with E-state index in [1.54, 1.807) is 6.07 Å². The van der Waals surface area contributed by atoms with Crippen LogP contribution in [0.3, 0.4) is 0 Å². The van der Waals surface area contributed by atoms with Gasteiger partial charge in [0.05, 0.1) is 6.61 Å². The summed E-state index contributed by atoms with van der Waals surface area (Å²) in [5.74, 6) is -0.448. The molecule has 1 aromatic rings. The Morgan fingerprint density at radius 2 is 1.96 bits per heavy atom. The number of carbonyl (C=O) groups is 1. The molecule has 1 aliphatic heterocycles. The number of carbonyl (C=O) groups excluding carboxylic acids is 1. The number of aliphatic hydroxyl groups is 4. The van der Waals surface area contributed by atoms with E-state index >= 15 is 0 Å². The highest BCUT2D eigenvalue weighted by molar-refractivity contribution is 5.91. The summed E-state index contributed by atoms with van der Waals surface area (Å²) in [7, 11) is 0. The highest BCUT2D eigenvalue weighted by Gasteiger charge is 2.44. The topological polar surface area (TPSA) is 137 Å². The van der Waals surface area contributed by atoms with E-state index < -0.39 is 37.3 Å². The van der Waals surface area contributed by atoms with Crippen LogP contribution in [0.5, 0.6) is 11.5 Å². The first-order valence-corrected chi connectivity index (χ1v) is 7.32. The zero-order valence-corrected chi connectivity index (χ0v) is 12.9. The number of aliphatic hydroxyl groups excluding tert-OH is 4. The van der Waals surface area contributed by atoms with Gasteiger partial charge in [0.15, 0.2) is 17.3 Å². The molecular weight excluding hydrogens is 320 g/mol. The summed E-state index contributed by atoms with van der Waals surface area (Å²) in [6.45, 7) is 0.806. The second-order valence-corrected chi connectivity index (χ2v) is 5.49. The quantitative estimate of drug-likeness (QED) is 0.438. The minimum Gasteiger partial charge on any atom is -0.504 e. The molecule has 1 unspecified atom stereocenters. The minimum absolute atomic E-state index is 0.0509. The second-order valence-electron chi connectivity index (χ2n) is 5.49. The van der Waals surface area contributed by atoms with Crippen LogP contribution in [-0.2, 0) is 9.53 Å². The fraction of sp³-hybridized carbons (Fsp3) is 0.438. The maximum atomic E-state index is 11.0. The van der Waals surface area contributed by atoms with E-state index in [0.717, 1.165) is 0 Å². The van der Waals surface area contributed by atoms with Crippen molar-refractivity contribution in [2.24, 2.45) is 0 Å². The van der Waals surface area contributed by atoms with E-state index in [9.17, 15) is 25.2 Å². The van der Waals surface area contributed by atoms with Gasteiger partial charge in [0.2, 0.25) is 6.29 Å². The molecule has 1 aromatic carbocycles. The normalized spacial score (nSPS) is 30.5. The lowest BCUT2D eigenvalue weighted by Crippen LogP contribution is -2.60. The van der Waals surface area contributed by atoms with Gasteiger partial charge < -0.3 is 35.0 Å². The molecule has 0 aromatic heterocycles. The Balaban J connectivity index is 2.20. The zero-order chi connectivity index (χ0) is 17.9. The Hall–Kier alpha value is -1.97. The average molecular weight is 340 g/mol. The molecule has 5 atom stereocenters. The van der Waals surface area contributed by atoms with Gasteiger partial charge in [-0.1, -0.05) is 12.1 Å². The first-order chi connectivity index (χ1) is 11.3. The number of ether oxygens (including phenoxy) is 2. The third-order valence-corrected chi connectivity index (χ3v) is 3.59. The third kappa shape index (κ3) is 4.11. The van der Waals surface area contributed by atoms with Gasteiger partial charge in [-0.2, -0.15) is 0 Å². The monoisotopic (exact) mass is 340 g/mol. The Bertz CT molecular complexity index is 612. The number of phenols is 1. The summed E-state index contributed by atoms with van der Waals surface area (Å²) in [4.78, 5) is 11.0. The number of ketones is 1. The number of phenolic OH excluding ortho intramolecular Hbond substituents is 1. The van der Waals surface area contributed by atoms with Gasteiger partial charge in [-0.05, 0) is 30.7 Å². The van der Waals surface area contributed by atoms with E-state index in [4.69, 9.17) is 14.6 Å². The summed E-state index contributed by atoms with van der Waals surface area (Å²) in [6.07, 6.45) is -4.33. The Morgan fingerprint density at radius 1 is 1.25 bits per heavy atom. The second kappa shape index (κ2) is 7.73. The summed E-state index contributed by atoms with van der Waals surface area (Å²) < 4.78 is 10.6. The van der Waals surface area contributed by atoms with Gasteiger partial charge in [-0.15, -0.1) is 0 Å². The number of rotatable bonds is 5. The minimum atomic E-state index is -1.58. The molecule has 0 bridgehead atoms. The number of benzene rings is 1. The van der Waals surface area contributed by atoms with Crippen LogP contribution in [0.4, 0.5) is 0 Å². The van der Waals surface area contributed by atoms with Crippen LogP contribution >= 0.6 is 0 Å². The molecule has 1 fully saturated rings. The van der Waals surface area contributed by atoms with Crippen molar-refractivity contribution in [3.05, 3.63) is 29.8 Å². The van der Waals surface area contributed by atoms with Crippen LogP contribution in [0.2, 0.25) is 0 Å². The van der Waals surface area contributed by atoms with Gasteiger partial charge in [0.25, 0.3) is 0 Å². The fourth-order valence-electron chi connectivity index (χ4n) is 2.23. The number of hydrogen-bond acceptors (Lipinski definition) is 8. The van der Waals surface area contributed by atoms with E-state index in [1.807, 2.05) is 0 Å². The maximum absolute atomic E-state index is 11.0. The molecule has 24 heavy (non-hydrogen) atoms.